The summed E-state index contributed by atoms with van der Waals surface area (Å²) in [6, 6.07) is 12.6. The van der Waals surface area contributed by atoms with Crippen molar-refractivity contribution in [2.24, 2.45) is 11.5 Å². The zero-order valence-electron chi connectivity index (χ0n) is 10.8. The van der Waals surface area contributed by atoms with Gasteiger partial charge in [-0.1, -0.05) is 47.5 Å². The lowest BCUT2D eigenvalue weighted by molar-refractivity contribution is -0.132. The molecular formula is C15H12Cl2N2O2. The Morgan fingerprint density at radius 1 is 0.810 bits per heavy atom. The molecule has 2 aromatic carbocycles. The van der Waals surface area contributed by atoms with Crippen LogP contribution in [0.3, 0.4) is 0 Å². The molecule has 21 heavy (non-hydrogen) atoms. The SMILES string of the molecule is NC(=O)C(C(N)=O)(c1cccc(Cl)c1)c1cccc(Cl)c1. The van der Waals surface area contributed by atoms with Gasteiger partial charge in [-0.3, -0.25) is 9.59 Å². The normalized spacial score (nSPS) is 11.1. The average Bonchev–Trinajstić information content (AvgIpc) is 2.38. The summed E-state index contributed by atoms with van der Waals surface area (Å²) in [4.78, 5) is 24.2. The first-order chi connectivity index (χ1) is 9.88. The Kier molecular flexibility index (Phi) is 4.21. The van der Waals surface area contributed by atoms with E-state index in [1.165, 1.54) is 12.1 Å². The molecule has 0 aliphatic heterocycles. The van der Waals surface area contributed by atoms with Gasteiger partial charge in [0.05, 0.1) is 0 Å². The van der Waals surface area contributed by atoms with E-state index in [0.29, 0.717) is 21.2 Å². The van der Waals surface area contributed by atoms with Gasteiger partial charge in [0.2, 0.25) is 11.8 Å². The molecule has 4 nitrogen and oxygen atoms in total. The van der Waals surface area contributed by atoms with Crippen LogP contribution in [0.1, 0.15) is 11.1 Å². The molecule has 0 spiro atoms. The van der Waals surface area contributed by atoms with Crippen molar-refractivity contribution in [1.82, 2.24) is 0 Å². The highest BCUT2D eigenvalue weighted by Gasteiger charge is 2.46. The van der Waals surface area contributed by atoms with Crippen LogP contribution >= 0.6 is 23.2 Å². The monoisotopic (exact) mass is 322 g/mol. The Hall–Kier alpha value is -2.04. The predicted molar refractivity (Wildman–Crippen MR) is 82.1 cm³/mol. The molecule has 0 aromatic heterocycles. The van der Waals surface area contributed by atoms with Crippen LogP contribution in [0.2, 0.25) is 10.0 Å². The highest BCUT2D eigenvalue weighted by molar-refractivity contribution is 6.31. The number of rotatable bonds is 4. The number of benzene rings is 2. The van der Waals surface area contributed by atoms with E-state index in [-0.39, 0.29) is 0 Å². The molecule has 4 N–H and O–H groups in total. The van der Waals surface area contributed by atoms with Gasteiger partial charge < -0.3 is 11.5 Å². The molecule has 0 heterocycles. The maximum Gasteiger partial charge on any atom is 0.242 e. The fraction of sp³-hybridized carbons (Fsp3) is 0.0667. The van der Waals surface area contributed by atoms with Crippen molar-refractivity contribution in [3.63, 3.8) is 0 Å². The summed E-state index contributed by atoms with van der Waals surface area (Å²) in [5.41, 5.74) is 9.80. The lowest BCUT2D eigenvalue weighted by Crippen LogP contribution is -2.52. The number of primary amides is 2. The molecule has 0 saturated heterocycles. The highest BCUT2D eigenvalue weighted by atomic mass is 35.5. The first-order valence-corrected chi connectivity index (χ1v) is 6.76. The Morgan fingerprint density at radius 3 is 1.48 bits per heavy atom. The van der Waals surface area contributed by atoms with Crippen molar-refractivity contribution in [2.75, 3.05) is 0 Å². The van der Waals surface area contributed by atoms with Crippen molar-refractivity contribution in [3.05, 3.63) is 69.7 Å². The molecule has 2 aromatic rings. The lowest BCUT2D eigenvalue weighted by atomic mass is 9.73. The van der Waals surface area contributed by atoms with E-state index >= 15 is 0 Å². The number of carbonyl (C=O) groups is 2. The van der Waals surface area contributed by atoms with Gasteiger partial charge >= 0.3 is 0 Å². The molecule has 0 saturated carbocycles. The van der Waals surface area contributed by atoms with Crippen molar-refractivity contribution >= 4 is 35.0 Å². The third-order valence-electron chi connectivity index (χ3n) is 3.25. The molecule has 0 aliphatic carbocycles. The van der Waals surface area contributed by atoms with Crippen LogP contribution < -0.4 is 11.5 Å². The molecule has 0 unspecified atom stereocenters. The standard InChI is InChI=1S/C15H12Cl2N2O2/c16-11-5-1-3-9(7-11)15(13(18)20,14(19)21)10-4-2-6-12(17)8-10/h1-8H,(H2,18,20)(H2,19,21). The summed E-state index contributed by atoms with van der Waals surface area (Å²) < 4.78 is 0. The Morgan fingerprint density at radius 2 is 1.19 bits per heavy atom. The lowest BCUT2D eigenvalue weighted by Gasteiger charge is -2.28. The van der Waals surface area contributed by atoms with Gasteiger partial charge in [-0.15, -0.1) is 0 Å². The summed E-state index contributed by atoms with van der Waals surface area (Å²) in [6.45, 7) is 0. The number of halogens is 2. The molecule has 108 valence electrons. The Balaban J connectivity index is 2.82. The topological polar surface area (TPSA) is 86.2 Å². The van der Waals surface area contributed by atoms with Crippen molar-refractivity contribution in [3.8, 4) is 0 Å². The fourth-order valence-electron chi connectivity index (χ4n) is 2.30. The molecule has 6 heteroatoms. The van der Waals surface area contributed by atoms with Crippen LogP contribution in [0.25, 0.3) is 0 Å². The second kappa shape index (κ2) is 5.76. The average molecular weight is 323 g/mol. The molecule has 2 amide bonds. The number of hydrogen-bond acceptors (Lipinski definition) is 2. The van der Waals surface area contributed by atoms with Crippen LogP contribution in [0.15, 0.2) is 48.5 Å². The Bertz CT molecular complexity index is 655. The maximum atomic E-state index is 12.1. The third-order valence-corrected chi connectivity index (χ3v) is 3.72. The van der Waals surface area contributed by atoms with E-state index in [2.05, 4.69) is 0 Å². The molecule has 0 atom stereocenters. The summed E-state index contributed by atoms with van der Waals surface area (Å²) in [5.74, 6) is -1.78. The molecule has 2 rings (SSSR count). The first-order valence-electron chi connectivity index (χ1n) is 6.01. The van der Waals surface area contributed by atoms with E-state index in [4.69, 9.17) is 34.7 Å². The van der Waals surface area contributed by atoms with Crippen LogP contribution in [-0.2, 0) is 15.0 Å². The number of nitrogens with two attached hydrogens (primary N) is 2. The van der Waals surface area contributed by atoms with Crippen molar-refractivity contribution in [1.29, 1.82) is 0 Å². The van der Waals surface area contributed by atoms with E-state index in [9.17, 15) is 9.59 Å². The van der Waals surface area contributed by atoms with E-state index in [1.807, 2.05) is 0 Å². The maximum absolute atomic E-state index is 12.1. The predicted octanol–water partition coefficient (Wildman–Crippen LogP) is 2.25. The van der Waals surface area contributed by atoms with Crippen LogP contribution in [0, 0.1) is 0 Å². The summed E-state index contributed by atoms with van der Waals surface area (Å²) in [5, 5.41) is 0.725. The highest BCUT2D eigenvalue weighted by Crippen LogP contribution is 2.34. The van der Waals surface area contributed by atoms with Gasteiger partial charge in [-0.05, 0) is 35.4 Å². The minimum atomic E-state index is -1.82. The van der Waals surface area contributed by atoms with Crippen LogP contribution in [0.5, 0.6) is 0 Å². The van der Waals surface area contributed by atoms with E-state index < -0.39 is 17.2 Å². The molecule has 0 bridgehead atoms. The molecule has 0 aliphatic rings. The van der Waals surface area contributed by atoms with Crippen LogP contribution in [-0.4, -0.2) is 11.8 Å². The zero-order chi connectivity index (χ0) is 15.6. The number of amides is 2. The number of carbonyl (C=O) groups excluding carboxylic acids is 2. The summed E-state index contributed by atoms with van der Waals surface area (Å²) >= 11 is 11.9. The largest absolute Gasteiger partial charge is 0.368 e. The quantitative estimate of drug-likeness (QED) is 0.846. The smallest absolute Gasteiger partial charge is 0.242 e. The van der Waals surface area contributed by atoms with Gasteiger partial charge in [-0.25, -0.2) is 0 Å². The zero-order valence-corrected chi connectivity index (χ0v) is 12.4. The Labute approximate surface area is 131 Å². The fourth-order valence-corrected chi connectivity index (χ4v) is 2.68. The van der Waals surface area contributed by atoms with Crippen LogP contribution in [0.4, 0.5) is 0 Å². The summed E-state index contributed by atoms with van der Waals surface area (Å²) in [6.07, 6.45) is 0. The molecule has 0 radical (unpaired) electrons. The van der Waals surface area contributed by atoms with E-state index in [0.717, 1.165) is 0 Å². The van der Waals surface area contributed by atoms with Gasteiger partial charge in [0.1, 0.15) is 0 Å². The van der Waals surface area contributed by atoms with Crippen molar-refractivity contribution in [2.45, 2.75) is 5.41 Å². The summed E-state index contributed by atoms with van der Waals surface area (Å²) in [7, 11) is 0. The van der Waals surface area contributed by atoms with Gasteiger partial charge in [-0.2, -0.15) is 0 Å². The van der Waals surface area contributed by atoms with Gasteiger partial charge in [0.15, 0.2) is 5.41 Å². The molecular weight excluding hydrogens is 311 g/mol. The minimum Gasteiger partial charge on any atom is -0.368 e. The molecule has 0 fully saturated rings. The van der Waals surface area contributed by atoms with Gasteiger partial charge in [0.25, 0.3) is 0 Å². The van der Waals surface area contributed by atoms with Gasteiger partial charge in [0, 0.05) is 10.0 Å². The van der Waals surface area contributed by atoms with Crippen molar-refractivity contribution < 1.29 is 9.59 Å². The second-order valence-corrected chi connectivity index (χ2v) is 5.37. The van der Waals surface area contributed by atoms with E-state index in [1.54, 1.807) is 36.4 Å². The third kappa shape index (κ3) is 2.60. The number of hydrogen-bond donors (Lipinski definition) is 2. The first kappa shape index (κ1) is 15.4. The minimum absolute atomic E-state index is 0.303. The second-order valence-electron chi connectivity index (χ2n) is 4.50.